The van der Waals surface area contributed by atoms with Gasteiger partial charge >= 0.3 is 0 Å². The Bertz CT molecular complexity index is 641. The van der Waals surface area contributed by atoms with Crippen molar-refractivity contribution < 1.29 is 0 Å². The second-order valence-electron chi connectivity index (χ2n) is 4.44. The summed E-state index contributed by atoms with van der Waals surface area (Å²) >= 11 is 14.4. The molecule has 104 valence electrons. The number of anilines is 1. The first-order chi connectivity index (χ1) is 9.70. The molecule has 1 aromatic carbocycles. The Balaban J connectivity index is 2.17. The monoisotopic (exact) mass is 325 g/mol. The number of aromatic nitrogens is 2. The van der Waals surface area contributed by atoms with E-state index < -0.39 is 0 Å². The quantitative estimate of drug-likeness (QED) is 0.892. The molecule has 1 aromatic heterocycles. The maximum atomic E-state index is 6.25. The number of hydrogen-bond acceptors (Lipinski definition) is 4. The maximum Gasteiger partial charge on any atom is 0.164 e. The lowest BCUT2D eigenvalue weighted by Gasteiger charge is -2.12. The van der Waals surface area contributed by atoms with E-state index in [-0.39, 0.29) is 0 Å². The Kier molecular flexibility index (Phi) is 4.06. The lowest BCUT2D eigenvalue weighted by Crippen LogP contribution is -2.07. The average Bonchev–Trinajstić information content (AvgIpc) is 2.87. The van der Waals surface area contributed by atoms with Crippen LogP contribution in [0, 0.1) is 0 Å². The summed E-state index contributed by atoms with van der Waals surface area (Å²) in [6, 6.07) is 5.44. The topological polar surface area (TPSA) is 37.8 Å². The number of halogens is 2. The van der Waals surface area contributed by atoms with Gasteiger partial charge < -0.3 is 5.32 Å². The van der Waals surface area contributed by atoms with Crippen molar-refractivity contribution in [3.05, 3.63) is 39.5 Å². The first-order valence-corrected chi connectivity index (χ1v) is 8.27. The van der Waals surface area contributed by atoms with Crippen LogP contribution >= 0.6 is 35.0 Å². The molecule has 0 fully saturated rings. The van der Waals surface area contributed by atoms with Crippen LogP contribution in [-0.4, -0.2) is 16.5 Å². The van der Waals surface area contributed by atoms with Crippen LogP contribution < -0.4 is 5.32 Å². The van der Waals surface area contributed by atoms with Gasteiger partial charge in [-0.05, 0) is 19.1 Å². The molecule has 0 spiro atoms. The van der Waals surface area contributed by atoms with Gasteiger partial charge in [0.05, 0.1) is 21.3 Å². The van der Waals surface area contributed by atoms with E-state index in [9.17, 15) is 0 Å². The summed E-state index contributed by atoms with van der Waals surface area (Å²) in [5.74, 6) is 3.35. The minimum atomic E-state index is 0.575. The van der Waals surface area contributed by atoms with Crippen molar-refractivity contribution in [3.63, 3.8) is 0 Å². The van der Waals surface area contributed by atoms with Crippen LogP contribution in [0.5, 0.6) is 0 Å². The molecule has 0 amide bonds. The fourth-order valence-corrected chi connectivity index (χ4v) is 3.80. The van der Waals surface area contributed by atoms with Crippen LogP contribution in [0.4, 0.5) is 5.82 Å². The highest BCUT2D eigenvalue weighted by Crippen LogP contribution is 2.38. The molecule has 0 atom stereocenters. The van der Waals surface area contributed by atoms with Gasteiger partial charge in [0.1, 0.15) is 5.82 Å². The minimum Gasteiger partial charge on any atom is -0.370 e. The first kappa shape index (κ1) is 14.0. The highest BCUT2D eigenvalue weighted by atomic mass is 35.5. The molecule has 1 N–H and O–H groups in total. The van der Waals surface area contributed by atoms with Crippen LogP contribution in [-0.2, 0) is 11.5 Å². The van der Waals surface area contributed by atoms with Crippen LogP contribution in [0.1, 0.15) is 18.2 Å². The van der Waals surface area contributed by atoms with E-state index in [0.29, 0.717) is 21.4 Å². The van der Waals surface area contributed by atoms with Crippen LogP contribution in [0.25, 0.3) is 11.4 Å². The molecule has 3 rings (SSSR count). The van der Waals surface area contributed by atoms with Gasteiger partial charge in [0.2, 0.25) is 0 Å². The van der Waals surface area contributed by atoms with Crippen LogP contribution in [0.15, 0.2) is 18.2 Å². The van der Waals surface area contributed by atoms with Gasteiger partial charge in [-0.1, -0.05) is 29.3 Å². The molecular formula is C14H13Cl2N3S. The average molecular weight is 326 g/mol. The number of nitrogens with one attached hydrogen (secondary N) is 1. The second-order valence-corrected chi connectivity index (χ2v) is 6.24. The summed E-state index contributed by atoms with van der Waals surface area (Å²) < 4.78 is 0. The van der Waals surface area contributed by atoms with Gasteiger partial charge in [0, 0.05) is 23.6 Å². The van der Waals surface area contributed by atoms with E-state index in [2.05, 4.69) is 22.2 Å². The highest BCUT2D eigenvalue weighted by Gasteiger charge is 2.21. The summed E-state index contributed by atoms with van der Waals surface area (Å²) in [4.78, 5) is 9.27. The van der Waals surface area contributed by atoms with Gasteiger partial charge in [-0.15, -0.1) is 0 Å². The number of rotatable bonds is 3. The Morgan fingerprint density at radius 2 is 1.95 bits per heavy atom. The third-order valence-corrected chi connectivity index (χ3v) is 4.71. The molecule has 0 bridgehead atoms. The highest BCUT2D eigenvalue weighted by molar-refractivity contribution is 7.98. The SMILES string of the molecule is CCNc1nc(-c2c(Cl)cccc2Cl)nc2c1CSC2. The number of fused-ring (bicyclic) bond motifs is 1. The summed E-state index contributed by atoms with van der Waals surface area (Å²) in [5.41, 5.74) is 2.98. The molecule has 0 unspecified atom stereocenters. The van der Waals surface area contributed by atoms with Crippen molar-refractivity contribution in [1.82, 2.24) is 9.97 Å². The van der Waals surface area contributed by atoms with Gasteiger partial charge in [-0.25, -0.2) is 9.97 Å². The molecule has 0 radical (unpaired) electrons. The van der Waals surface area contributed by atoms with E-state index >= 15 is 0 Å². The third kappa shape index (κ3) is 2.48. The lowest BCUT2D eigenvalue weighted by molar-refractivity contribution is 1.05. The molecule has 2 aromatic rings. The number of hydrogen-bond donors (Lipinski definition) is 1. The van der Waals surface area contributed by atoms with Gasteiger partial charge in [-0.3, -0.25) is 0 Å². The zero-order valence-corrected chi connectivity index (χ0v) is 13.2. The Hall–Kier alpha value is -0.970. The second kappa shape index (κ2) is 5.80. The molecule has 2 heterocycles. The molecule has 6 heteroatoms. The third-order valence-electron chi connectivity index (χ3n) is 3.11. The molecule has 20 heavy (non-hydrogen) atoms. The van der Waals surface area contributed by atoms with Crippen molar-refractivity contribution in [3.8, 4) is 11.4 Å². The standard InChI is InChI=1S/C14H13Cl2N3S/c1-2-17-13-8-6-20-7-11(8)18-14(19-13)12-9(15)4-3-5-10(12)16/h3-5H,2,6-7H2,1H3,(H,17,18,19). The van der Waals surface area contributed by atoms with Gasteiger partial charge in [0.25, 0.3) is 0 Å². The Morgan fingerprint density at radius 3 is 2.65 bits per heavy atom. The van der Waals surface area contributed by atoms with Gasteiger partial charge in [0.15, 0.2) is 5.82 Å². The van der Waals surface area contributed by atoms with Crippen molar-refractivity contribution in [2.24, 2.45) is 0 Å². The molecule has 0 saturated carbocycles. The molecule has 3 nitrogen and oxygen atoms in total. The summed E-state index contributed by atoms with van der Waals surface area (Å²) in [5, 5.41) is 4.46. The van der Waals surface area contributed by atoms with Crippen LogP contribution in [0.3, 0.4) is 0 Å². The maximum absolute atomic E-state index is 6.25. The van der Waals surface area contributed by atoms with Crippen molar-refractivity contribution in [2.75, 3.05) is 11.9 Å². The summed E-state index contributed by atoms with van der Waals surface area (Å²) in [6.45, 7) is 2.88. The zero-order chi connectivity index (χ0) is 14.1. The fourth-order valence-electron chi connectivity index (χ4n) is 2.19. The largest absolute Gasteiger partial charge is 0.370 e. The van der Waals surface area contributed by atoms with E-state index in [0.717, 1.165) is 29.6 Å². The summed E-state index contributed by atoms with van der Waals surface area (Å²) in [7, 11) is 0. The molecule has 1 aliphatic heterocycles. The predicted octanol–water partition coefficient (Wildman–Crippen LogP) is 4.63. The number of thioether (sulfide) groups is 1. The van der Waals surface area contributed by atoms with Crippen molar-refractivity contribution >= 4 is 40.8 Å². The fraction of sp³-hybridized carbons (Fsp3) is 0.286. The predicted molar refractivity (Wildman–Crippen MR) is 86.7 cm³/mol. The Labute approximate surface area is 132 Å². The first-order valence-electron chi connectivity index (χ1n) is 6.36. The van der Waals surface area contributed by atoms with Crippen LogP contribution in [0.2, 0.25) is 10.0 Å². The summed E-state index contributed by atoms with van der Waals surface area (Å²) in [6.07, 6.45) is 0. The lowest BCUT2D eigenvalue weighted by atomic mass is 10.2. The van der Waals surface area contributed by atoms with Crippen molar-refractivity contribution in [1.29, 1.82) is 0 Å². The van der Waals surface area contributed by atoms with Crippen molar-refractivity contribution in [2.45, 2.75) is 18.4 Å². The van der Waals surface area contributed by atoms with E-state index in [1.54, 1.807) is 12.1 Å². The Morgan fingerprint density at radius 1 is 1.20 bits per heavy atom. The van der Waals surface area contributed by atoms with E-state index in [4.69, 9.17) is 23.2 Å². The number of benzene rings is 1. The van der Waals surface area contributed by atoms with E-state index in [1.165, 1.54) is 5.56 Å². The number of nitrogens with zero attached hydrogens (tertiary/aromatic N) is 2. The zero-order valence-electron chi connectivity index (χ0n) is 10.9. The molecule has 1 aliphatic rings. The van der Waals surface area contributed by atoms with Gasteiger partial charge in [-0.2, -0.15) is 11.8 Å². The van der Waals surface area contributed by atoms with E-state index in [1.807, 2.05) is 17.8 Å². The molecule has 0 aliphatic carbocycles. The minimum absolute atomic E-state index is 0.575. The molecule has 0 saturated heterocycles. The smallest absolute Gasteiger partial charge is 0.164 e. The molecular weight excluding hydrogens is 313 g/mol. The normalized spacial score (nSPS) is 13.3.